The molecule has 1 aliphatic rings. The van der Waals surface area contributed by atoms with Crippen molar-refractivity contribution in [2.75, 3.05) is 39.5 Å². The lowest BCUT2D eigenvalue weighted by atomic mass is 10.0. The number of phenolic OH excluding ortho intramolecular Hbond substituents is 1. The van der Waals surface area contributed by atoms with Crippen molar-refractivity contribution >= 4 is 5.71 Å². The van der Waals surface area contributed by atoms with E-state index in [-0.39, 0.29) is 5.75 Å². The molecule has 3 rings (SSSR count). The topological polar surface area (TPSA) is 54.3 Å². The number of oxime groups is 1. The molecule has 0 spiro atoms. The Morgan fingerprint density at radius 1 is 1.00 bits per heavy atom. The smallest absolute Gasteiger partial charge is 0.118 e. The third-order valence-corrected chi connectivity index (χ3v) is 4.91. The average molecular weight is 383 g/mol. The second-order valence-electron chi connectivity index (χ2n) is 7.06. The van der Waals surface area contributed by atoms with Crippen molar-refractivity contribution in [3.05, 3.63) is 65.7 Å². The molecule has 1 heterocycles. The van der Waals surface area contributed by atoms with Crippen LogP contribution in [0.5, 0.6) is 5.75 Å². The Kier molecular flexibility index (Phi) is 8.34. The van der Waals surface area contributed by atoms with Gasteiger partial charge in [0.05, 0.1) is 18.9 Å². The number of benzene rings is 2. The maximum absolute atomic E-state index is 9.55. The van der Waals surface area contributed by atoms with E-state index in [0.717, 1.165) is 69.8 Å². The van der Waals surface area contributed by atoms with Crippen LogP contribution in [-0.2, 0) is 16.0 Å². The molecule has 0 atom stereocenters. The highest BCUT2D eigenvalue weighted by Crippen LogP contribution is 2.15. The van der Waals surface area contributed by atoms with Crippen LogP contribution in [0.2, 0.25) is 0 Å². The summed E-state index contributed by atoms with van der Waals surface area (Å²) < 4.78 is 5.37. The van der Waals surface area contributed by atoms with Gasteiger partial charge >= 0.3 is 0 Å². The van der Waals surface area contributed by atoms with Gasteiger partial charge in [-0.15, -0.1) is 0 Å². The van der Waals surface area contributed by atoms with Crippen LogP contribution in [0.4, 0.5) is 0 Å². The van der Waals surface area contributed by atoms with Crippen LogP contribution in [-0.4, -0.2) is 55.2 Å². The van der Waals surface area contributed by atoms with Crippen LogP contribution in [0.3, 0.4) is 0 Å². The molecule has 150 valence electrons. The molecule has 5 heteroatoms. The Hall–Kier alpha value is -2.37. The number of phenols is 1. The molecule has 1 aliphatic heterocycles. The van der Waals surface area contributed by atoms with Crippen molar-refractivity contribution in [3.63, 3.8) is 0 Å². The molecule has 0 amide bonds. The number of ether oxygens (including phenoxy) is 1. The Morgan fingerprint density at radius 2 is 1.75 bits per heavy atom. The van der Waals surface area contributed by atoms with Crippen LogP contribution < -0.4 is 0 Å². The maximum Gasteiger partial charge on any atom is 0.118 e. The summed E-state index contributed by atoms with van der Waals surface area (Å²) in [5, 5.41) is 14.0. The van der Waals surface area contributed by atoms with Gasteiger partial charge in [0.25, 0.3) is 0 Å². The molecule has 5 nitrogen and oxygen atoms in total. The first kappa shape index (κ1) is 20.4. The molecular weight excluding hydrogens is 352 g/mol. The van der Waals surface area contributed by atoms with E-state index < -0.39 is 0 Å². The van der Waals surface area contributed by atoms with E-state index in [4.69, 9.17) is 9.57 Å². The third-order valence-electron chi connectivity index (χ3n) is 4.91. The minimum atomic E-state index is 0.263. The predicted octanol–water partition coefficient (Wildman–Crippen LogP) is 3.86. The number of nitrogens with zero attached hydrogens (tertiary/aromatic N) is 2. The second kappa shape index (κ2) is 11.5. The fraction of sp³-hybridized carbons (Fsp3) is 0.435. The largest absolute Gasteiger partial charge is 0.508 e. The standard InChI is InChI=1S/C23H30N2O3/c26-22-12-10-21(11-13-22)23(9-4-8-20-6-2-1-3-7-20)24-28-17-5-14-25-15-18-27-19-16-25/h1-3,6-7,10-13,26H,4-5,8-9,14-19H2. The molecule has 1 fully saturated rings. The lowest BCUT2D eigenvalue weighted by Crippen LogP contribution is -2.37. The van der Waals surface area contributed by atoms with Crippen molar-refractivity contribution in [1.82, 2.24) is 4.90 Å². The maximum atomic E-state index is 9.55. The van der Waals surface area contributed by atoms with Gasteiger partial charge in [0.2, 0.25) is 0 Å². The minimum Gasteiger partial charge on any atom is -0.508 e. The summed E-state index contributed by atoms with van der Waals surface area (Å²) in [5.74, 6) is 0.263. The molecule has 1 saturated heterocycles. The molecule has 0 saturated carbocycles. The van der Waals surface area contributed by atoms with Crippen LogP contribution >= 0.6 is 0 Å². The summed E-state index contributed by atoms with van der Waals surface area (Å²) in [6.07, 6.45) is 3.80. The fourth-order valence-electron chi connectivity index (χ4n) is 3.30. The number of aryl methyl sites for hydroxylation is 1. The first-order chi connectivity index (χ1) is 13.8. The SMILES string of the molecule is Oc1ccc(C(CCCc2ccccc2)=NOCCCN2CCOCC2)cc1. The van der Waals surface area contributed by atoms with E-state index in [2.05, 4.69) is 34.3 Å². The third kappa shape index (κ3) is 6.98. The van der Waals surface area contributed by atoms with Crippen molar-refractivity contribution in [3.8, 4) is 5.75 Å². The van der Waals surface area contributed by atoms with Gasteiger partial charge in [0.15, 0.2) is 0 Å². The monoisotopic (exact) mass is 382 g/mol. The molecular formula is C23H30N2O3. The molecule has 2 aromatic carbocycles. The van der Waals surface area contributed by atoms with Gasteiger partial charge in [-0.1, -0.05) is 35.5 Å². The number of rotatable bonds is 10. The minimum absolute atomic E-state index is 0.263. The predicted molar refractivity (Wildman–Crippen MR) is 112 cm³/mol. The Labute approximate surface area is 167 Å². The van der Waals surface area contributed by atoms with Gasteiger partial charge in [0.1, 0.15) is 12.4 Å². The van der Waals surface area contributed by atoms with Gasteiger partial charge in [-0.05, 0) is 61.1 Å². The quantitative estimate of drug-likeness (QED) is 0.385. The summed E-state index contributed by atoms with van der Waals surface area (Å²) in [6, 6.07) is 17.7. The summed E-state index contributed by atoms with van der Waals surface area (Å²) in [7, 11) is 0. The van der Waals surface area contributed by atoms with Crippen molar-refractivity contribution in [2.24, 2.45) is 5.16 Å². The van der Waals surface area contributed by atoms with Crippen molar-refractivity contribution in [2.45, 2.75) is 25.7 Å². The summed E-state index contributed by atoms with van der Waals surface area (Å²) in [6.45, 7) is 5.28. The lowest BCUT2D eigenvalue weighted by molar-refractivity contribution is 0.0322. The zero-order chi connectivity index (χ0) is 19.4. The highest BCUT2D eigenvalue weighted by molar-refractivity contribution is 6.00. The highest BCUT2D eigenvalue weighted by atomic mass is 16.6. The summed E-state index contributed by atoms with van der Waals surface area (Å²) in [4.78, 5) is 8.04. The molecule has 0 radical (unpaired) electrons. The van der Waals surface area contributed by atoms with E-state index >= 15 is 0 Å². The summed E-state index contributed by atoms with van der Waals surface area (Å²) >= 11 is 0. The van der Waals surface area contributed by atoms with E-state index in [1.807, 2.05) is 18.2 Å². The molecule has 0 bridgehead atoms. The molecule has 1 N–H and O–H groups in total. The Balaban J connectivity index is 1.49. The zero-order valence-corrected chi connectivity index (χ0v) is 16.4. The molecule has 0 aliphatic carbocycles. The number of aromatic hydroxyl groups is 1. The Bertz CT molecular complexity index is 710. The van der Waals surface area contributed by atoms with E-state index in [0.29, 0.717) is 6.61 Å². The number of morpholine rings is 1. The van der Waals surface area contributed by atoms with Crippen LogP contribution in [0.1, 0.15) is 30.4 Å². The fourth-order valence-corrected chi connectivity index (χ4v) is 3.30. The average Bonchev–Trinajstić information content (AvgIpc) is 2.74. The second-order valence-corrected chi connectivity index (χ2v) is 7.06. The lowest BCUT2D eigenvalue weighted by Gasteiger charge is -2.26. The van der Waals surface area contributed by atoms with Crippen LogP contribution in [0.15, 0.2) is 59.8 Å². The van der Waals surface area contributed by atoms with Gasteiger partial charge in [-0.3, -0.25) is 4.90 Å². The van der Waals surface area contributed by atoms with Crippen molar-refractivity contribution in [1.29, 1.82) is 0 Å². The van der Waals surface area contributed by atoms with Gasteiger partial charge in [0, 0.05) is 19.6 Å². The van der Waals surface area contributed by atoms with Gasteiger partial charge in [-0.25, -0.2) is 0 Å². The zero-order valence-electron chi connectivity index (χ0n) is 16.4. The van der Waals surface area contributed by atoms with E-state index in [1.54, 1.807) is 12.1 Å². The first-order valence-electron chi connectivity index (χ1n) is 10.1. The molecule has 0 unspecified atom stereocenters. The number of hydrogen-bond donors (Lipinski definition) is 1. The summed E-state index contributed by atoms with van der Waals surface area (Å²) in [5.41, 5.74) is 3.26. The van der Waals surface area contributed by atoms with E-state index in [9.17, 15) is 5.11 Å². The number of hydrogen-bond acceptors (Lipinski definition) is 5. The van der Waals surface area contributed by atoms with Gasteiger partial charge < -0.3 is 14.7 Å². The molecule has 28 heavy (non-hydrogen) atoms. The van der Waals surface area contributed by atoms with Gasteiger partial charge in [-0.2, -0.15) is 0 Å². The van der Waals surface area contributed by atoms with E-state index in [1.165, 1.54) is 5.56 Å². The Morgan fingerprint density at radius 3 is 2.50 bits per heavy atom. The molecule has 2 aromatic rings. The molecule has 0 aromatic heterocycles. The normalized spacial score (nSPS) is 15.5. The van der Waals surface area contributed by atoms with Crippen LogP contribution in [0, 0.1) is 0 Å². The van der Waals surface area contributed by atoms with Crippen LogP contribution in [0.25, 0.3) is 0 Å². The highest BCUT2D eigenvalue weighted by Gasteiger charge is 2.10. The first-order valence-corrected chi connectivity index (χ1v) is 10.1. The van der Waals surface area contributed by atoms with Crippen molar-refractivity contribution < 1.29 is 14.7 Å².